The summed E-state index contributed by atoms with van der Waals surface area (Å²) in [6, 6.07) is 67.5. The summed E-state index contributed by atoms with van der Waals surface area (Å²) in [6.45, 7) is 0. The van der Waals surface area contributed by atoms with Crippen LogP contribution in [0.4, 0.5) is 0 Å². The third-order valence-corrected chi connectivity index (χ3v) is 12.5. The Labute approximate surface area is 327 Å². The molecule has 0 aliphatic heterocycles. The minimum absolute atomic E-state index is 0.184. The summed E-state index contributed by atoms with van der Waals surface area (Å²) in [5.74, 6) is 0.397. The molecule has 0 spiro atoms. The summed E-state index contributed by atoms with van der Waals surface area (Å²) in [5.41, 5.74) is 22.5. The molecule has 0 radical (unpaired) electrons. The predicted molar refractivity (Wildman–Crippen MR) is 231 cm³/mol. The maximum atomic E-state index is 2.59. The molecule has 9 aromatic rings. The molecule has 0 fully saturated rings. The second-order valence-corrected chi connectivity index (χ2v) is 15.5. The molecule has 0 amide bonds. The summed E-state index contributed by atoms with van der Waals surface area (Å²) in [5, 5.41) is 1.31. The van der Waals surface area contributed by atoms with Gasteiger partial charge in [-0.1, -0.05) is 164 Å². The zero-order valence-corrected chi connectivity index (χ0v) is 30.9. The molecule has 7 aromatic carbocycles. The van der Waals surface area contributed by atoms with Crippen molar-refractivity contribution < 1.29 is 0 Å². The van der Waals surface area contributed by atoms with Crippen molar-refractivity contribution in [1.29, 1.82) is 0 Å². The molecule has 0 N–H and O–H groups in total. The molecule has 3 aliphatic rings. The SMILES string of the molecule is C1=Cc2c3c(n(-c4cccc(-c5cccc(-n6c7c(c8ccccc86)C(c6ccccc6)c6ccccc6-7)c5)c4)c2CC1)-c1ccccc1C3c1ccccc1. The Hall–Kier alpha value is -6.90. The topological polar surface area (TPSA) is 9.86 Å². The first kappa shape index (κ1) is 31.5. The molecule has 2 aromatic heterocycles. The molecule has 12 rings (SSSR count). The van der Waals surface area contributed by atoms with Gasteiger partial charge in [0.05, 0.1) is 16.9 Å². The number of allylic oxidation sites excluding steroid dienone is 1. The van der Waals surface area contributed by atoms with Crippen molar-refractivity contribution in [3.63, 3.8) is 0 Å². The number of hydrogen-bond acceptors (Lipinski definition) is 0. The van der Waals surface area contributed by atoms with Crippen LogP contribution >= 0.6 is 0 Å². The highest BCUT2D eigenvalue weighted by molar-refractivity contribution is 5.99. The van der Waals surface area contributed by atoms with E-state index in [2.05, 4.69) is 203 Å². The van der Waals surface area contributed by atoms with E-state index in [0.717, 1.165) is 12.8 Å². The van der Waals surface area contributed by atoms with Crippen LogP contribution in [0.25, 0.3) is 62.0 Å². The number of nitrogens with zero attached hydrogens (tertiary/aromatic N) is 2. The van der Waals surface area contributed by atoms with E-state index in [4.69, 9.17) is 0 Å². The fourth-order valence-corrected chi connectivity index (χ4v) is 10.3. The average Bonchev–Trinajstić information content (AvgIpc) is 3.99. The van der Waals surface area contributed by atoms with Crippen molar-refractivity contribution in [3.8, 4) is 45.0 Å². The van der Waals surface area contributed by atoms with Crippen molar-refractivity contribution >= 4 is 17.0 Å². The van der Waals surface area contributed by atoms with Crippen LogP contribution in [-0.4, -0.2) is 9.13 Å². The van der Waals surface area contributed by atoms with E-state index in [9.17, 15) is 0 Å². The fraction of sp³-hybridized carbons (Fsp3) is 0.0741. The molecule has 0 bridgehead atoms. The van der Waals surface area contributed by atoms with Crippen molar-refractivity contribution in [2.75, 3.05) is 0 Å². The van der Waals surface area contributed by atoms with Crippen LogP contribution in [0.3, 0.4) is 0 Å². The van der Waals surface area contributed by atoms with Crippen molar-refractivity contribution in [2.24, 2.45) is 0 Å². The Bertz CT molecular complexity index is 3030. The molecule has 56 heavy (non-hydrogen) atoms. The minimum Gasteiger partial charge on any atom is -0.313 e. The van der Waals surface area contributed by atoms with Crippen LogP contribution in [0.2, 0.25) is 0 Å². The number of rotatable bonds is 5. The predicted octanol–water partition coefficient (Wildman–Crippen LogP) is 13.4. The number of fused-ring (bicyclic) bond motifs is 10. The molecule has 2 heterocycles. The standard InChI is InChI=1S/C54H38N2/c1-3-17-35(18-4-1)49-41-25-7-9-27-43(41)53-51(49)45-29-11-13-31-47(45)55(53)39-23-15-21-37(33-39)38-22-16-24-40(34-38)56-48-32-14-12-30-46(48)52-50(36-19-5-2-6-20-36)42-26-8-10-28-44(42)54(52)56/h1-13,15-31,33-34,49-50H,14,32H2. The van der Waals surface area contributed by atoms with Gasteiger partial charge in [0, 0.05) is 51.0 Å². The van der Waals surface area contributed by atoms with E-state index in [1.54, 1.807) is 0 Å². The Morgan fingerprint density at radius 2 is 0.982 bits per heavy atom. The summed E-state index contributed by atoms with van der Waals surface area (Å²) in [7, 11) is 0. The monoisotopic (exact) mass is 714 g/mol. The second kappa shape index (κ2) is 12.3. The first-order valence-electron chi connectivity index (χ1n) is 19.9. The van der Waals surface area contributed by atoms with Crippen LogP contribution in [0, 0.1) is 0 Å². The lowest BCUT2D eigenvalue weighted by molar-refractivity contribution is 0.876. The lowest BCUT2D eigenvalue weighted by atomic mass is 9.86. The highest BCUT2D eigenvalue weighted by Gasteiger charge is 2.38. The molecule has 2 heteroatoms. The Morgan fingerprint density at radius 3 is 1.64 bits per heavy atom. The first-order valence-corrected chi connectivity index (χ1v) is 19.9. The molecular formula is C54H38N2. The van der Waals surface area contributed by atoms with Crippen LogP contribution in [-0.2, 0) is 6.42 Å². The summed E-state index contributed by atoms with van der Waals surface area (Å²) >= 11 is 0. The van der Waals surface area contributed by atoms with Crippen molar-refractivity contribution in [3.05, 3.63) is 233 Å². The Morgan fingerprint density at radius 1 is 0.446 bits per heavy atom. The average molecular weight is 715 g/mol. The largest absolute Gasteiger partial charge is 0.313 e. The normalized spacial score (nSPS) is 16.0. The smallest absolute Gasteiger partial charge is 0.0585 e. The fourth-order valence-electron chi connectivity index (χ4n) is 10.3. The molecule has 3 aliphatic carbocycles. The van der Waals surface area contributed by atoms with Crippen molar-refractivity contribution in [2.45, 2.75) is 24.7 Å². The van der Waals surface area contributed by atoms with Gasteiger partial charge < -0.3 is 9.13 Å². The van der Waals surface area contributed by atoms with Crippen LogP contribution < -0.4 is 0 Å². The summed E-state index contributed by atoms with van der Waals surface area (Å²) in [6.07, 6.45) is 6.84. The van der Waals surface area contributed by atoms with Gasteiger partial charge in [-0.25, -0.2) is 0 Å². The quantitative estimate of drug-likeness (QED) is 0.168. The van der Waals surface area contributed by atoms with Crippen LogP contribution in [0.1, 0.15) is 62.9 Å². The summed E-state index contributed by atoms with van der Waals surface area (Å²) in [4.78, 5) is 0. The van der Waals surface area contributed by atoms with Gasteiger partial charge >= 0.3 is 0 Å². The Kier molecular flexibility index (Phi) is 6.91. The third-order valence-electron chi connectivity index (χ3n) is 12.5. The maximum absolute atomic E-state index is 2.59. The van der Waals surface area contributed by atoms with E-state index >= 15 is 0 Å². The Balaban J connectivity index is 1.03. The van der Waals surface area contributed by atoms with Gasteiger partial charge in [-0.05, 0) is 87.7 Å². The number of hydrogen-bond donors (Lipinski definition) is 0. The van der Waals surface area contributed by atoms with Gasteiger partial charge in [0.15, 0.2) is 0 Å². The van der Waals surface area contributed by atoms with Gasteiger partial charge in [-0.3, -0.25) is 0 Å². The molecule has 0 saturated carbocycles. The molecule has 2 unspecified atom stereocenters. The molecule has 2 nitrogen and oxygen atoms in total. The van der Waals surface area contributed by atoms with Gasteiger partial charge in [0.2, 0.25) is 0 Å². The lowest BCUT2D eigenvalue weighted by Crippen LogP contribution is -2.06. The van der Waals surface area contributed by atoms with Crippen LogP contribution in [0.5, 0.6) is 0 Å². The number of aromatic nitrogens is 2. The van der Waals surface area contributed by atoms with Gasteiger partial charge in [-0.2, -0.15) is 0 Å². The van der Waals surface area contributed by atoms with Gasteiger partial charge in [0.1, 0.15) is 0 Å². The van der Waals surface area contributed by atoms with E-state index < -0.39 is 0 Å². The highest BCUT2D eigenvalue weighted by Crippen LogP contribution is 2.55. The van der Waals surface area contributed by atoms with E-state index in [1.807, 2.05) is 0 Å². The molecule has 2 atom stereocenters. The summed E-state index contributed by atoms with van der Waals surface area (Å²) < 4.78 is 5.11. The third kappa shape index (κ3) is 4.50. The minimum atomic E-state index is 0.184. The van der Waals surface area contributed by atoms with Gasteiger partial charge in [0.25, 0.3) is 0 Å². The van der Waals surface area contributed by atoms with E-state index in [-0.39, 0.29) is 11.8 Å². The van der Waals surface area contributed by atoms with E-state index in [0.29, 0.717) is 0 Å². The zero-order valence-electron chi connectivity index (χ0n) is 30.9. The van der Waals surface area contributed by atoms with Crippen LogP contribution in [0.15, 0.2) is 188 Å². The highest BCUT2D eigenvalue weighted by atomic mass is 15.0. The maximum Gasteiger partial charge on any atom is 0.0585 e. The first-order chi connectivity index (χ1) is 27.8. The van der Waals surface area contributed by atoms with E-state index in [1.165, 1.54) is 101 Å². The zero-order chi connectivity index (χ0) is 36.7. The molecule has 0 saturated heterocycles. The number of para-hydroxylation sites is 1. The molecular weight excluding hydrogens is 677 g/mol. The van der Waals surface area contributed by atoms with Gasteiger partial charge in [-0.15, -0.1) is 0 Å². The number of benzene rings is 7. The molecule has 264 valence electrons. The van der Waals surface area contributed by atoms with Crippen molar-refractivity contribution in [1.82, 2.24) is 9.13 Å². The second-order valence-electron chi connectivity index (χ2n) is 15.5. The lowest BCUT2D eigenvalue weighted by Gasteiger charge is -2.19.